The number of alkyl halides is 1. The van der Waals surface area contributed by atoms with Gasteiger partial charge in [0.25, 0.3) is 0 Å². The summed E-state index contributed by atoms with van der Waals surface area (Å²) in [5, 5.41) is 0. The van der Waals surface area contributed by atoms with Gasteiger partial charge in [0, 0.05) is 0 Å². The summed E-state index contributed by atoms with van der Waals surface area (Å²) >= 11 is 3.33. The fourth-order valence-corrected chi connectivity index (χ4v) is 1.53. The summed E-state index contributed by atoms with van der Waals surface area (Å²) in [6, 6.07) is 0. The van der Waals surface area contributed by atoms with E-state index in [1.165, 1.54) is 0 Å². The van der Waals surface area contributed by atoms with Crippen LogP contribution in [0.3, 0.4) is 0 Å². The van der Waals surface area contributed by atoms with Crippen molar-refractivity contribution in [2.75, 3.05) is 6.61 Å². The number of carbonyl (C=O) groups excluding carboxylic acids is 1. The van der Waals surface area contributed by atoms with E-state index in [1.54, 1.807) is 0 Å². The molecule has 0 aliphatic carbocycles. The number of esters is 1. The Labute approximate surface area is 101 Å². The van der Waals surface area contributed by atoms with Gasteiger partial charge in [-0.3, -0.25) is 4.79 Å². The van der Waals surface area contributed by atoms with E-state index in [9.17, 15) is 4.79 Å². The van der Waals surface area contributed by atoms with Crippen LogP contribution in [0.5, 0.6) is 0 Å². The molecule has 0 aliphatic heterocycles. The van der Waals surface area contributed by atoms with Crippen molar-refractivity contribution in [1.82, 2.24) is 0 Å². The summed E-state index contributed by atoms with van der Waals surface area (Å²) in [4.78, 5) is 11.2. The monoisotopic (exact) mass is 276 g/mol. The predicted molar refractivity (Wildman–Crippen MR) is 67.2 cm³/mol. The van der Waals surface area contributed by atoms with E-state index in [1.807, 2.05) is 12.2 Å². The van der Waals surface area contributed by atoms with E-state index in [0.717, 1.165) is 32.1 Å². The minimum Gasteiger partial charge on any atom is -0.461 e. The first kappa shape index (κ1) is 14.7. The van der Waals surface area contributed by atoms with Crippen LogP contribution in [0.25, 0.3) is 0 Å². The van der Waals surface area contributed by atoms with E-state index >= 15 is 0 Å². The van der Waals surface area contributed by atoms with Gasteiger partial charge >= 0.3 is 5.97 Å². The lowest BCUT2D eigenvalue weighted by molar-refractivity contribution is -0.141. The molecule has 0 saturated heterocycles. The van der Waals surface area contributed by atoms with Crippen LogP contribution >= 0.6 is 15.9 Å². The van der Waals surface area contributed by atoms with Gasteiger partial charge in [-0.2, -0.15) is 0 Å². The summed E-state index contributed by atoms with van der Waals surface area (Å²) < 4.78 is 5.07. The topological polar surface area (TPSA) is 26.3 Å². The predicted octanol–water partition coefficient (Wildman–Crippen LogP) is 3.84. The van der Waals surface area contributed by atoms with Gasteiger partial charge in [-0.25, -0.2) is 0 Å². The third-order valence-corrected chi connectivity index (χ3v) is 2.84. The van der Waals surface area contributed by atoms with Gasteiger partial charge in [0.1, 0.15) is 11.4 Å². The van der Waals surface area contributed by atoms with Gasteiger partial charge < -0.3 is 4.74 Å². The van der Waals surface area contributed by atoms with Crippen molar-refractivity contribution in [1.29, 1.82) is 0 Å². The summed E-state index contributed by atoms with van der Waals surface area (Å²) in [6.07, 6.45) is 9.13. The van der Waals surface area contributed by atoms with E-state index in [-0.39, 0.29) is 10.8 Å². The largest absolute Gasteiger partial charge is 0.461 e. The fraction of sp³-hybridized carbons (Fsp3) is 0.750. The molecule has 3 heteroatoms. The van der Waals surface area contributed by atoms with Crippen LogP contribution in [0.4, 0.5) is 0 Å². The maximum absolute atomic E-state index is 11.4. The molecule has 2 nitrogen and oxygen atoms in total. The summed E-state index contributed by atoms with van der Waals surface area (Å²) in [7, 11) is 0. The molecule has 1 unspecified atom stereocenters. The minimum absolute atomic E-state index is 0.142. The summed E-state index contributed by atoms with van der Waals surface area (Å²) in [5.41, 5.74) is 0. The third-order valence-electron chi connectivity index (χ3n) is 2.01. The first-order valence-electron chi connectivity index (χ1n) is 5.68. The highest BCUT2D eigenvalue weighted by Crippen LogP contribution is 2.11. The molecule has 15 heavy (non-hydrogen) atoms. The van der Waals surface area contributed by atoms with Crippen LogP contribution < -0.4 is 0 Å². The lowest BCUT2D eigenvalue weighted by Crippen LogP contribution is -2.17. The molecule has 0 aromatic rings. The molecular formula is C12H21BrO2. The lowest BCUT2D eigenvalue weighted by Gasteiger charge is -2.07. The summed E-state index contributed by atoms with van der Waals surface area (Å²) in [6.45, 7) is 4.63. The van der Waals surface area contributed by atoms with Crippen molar-refractivity contribution in [3.63, 3.8) is 0 Å². The summed E-state index contributed by atoms with van der Waals surface area (Å²) in [5.74, 6) is -0.149. The quantitative estimate of drug-likeness (QED) is 0.383. The van der Waals surface area contributed by atoms with Crippen molar-refractivity contribution < 1.29 is 9.53 Å². The molecule has 0 rings (SSSR count). The van der Waals surface area contributed by atoms with Gasteiger partial charge in [0.05, 0.1) is 0 Å². The highest BCUT2D eigenvalue weighted by atomic mass is 79.9. The van der Waals surface area contributed by atoms with E-state index in [4.69, 9.17) is 4.74 Å². The first-order chi connectivity index (χ1) is 7.22. The molecule has 0 heterocycles. The van der Waals surface area contributed by atoms with Crippen molar-refractivity contribution in [3.8, 4) is 0 Å². The van der Waals surface area contributed by atoms with Crippen LogP contribution in [-0.2, 0) is 9.53 Å². The number of hydrogen-bond acceptors (Lipinski definition) is 2. The zero-order chi connectivity index (χ0) is 11.5. The zero-order valence-electron chi connectivity index (χ0n) is 9.67. The number of unbranched alkanes of at least 4 members (excludes halogenated alkanes) is 2. The Balaban J connectivity index is 3.55. The smallest absolute Gasteiger partial charge is 0.320 e. The van der Waals surface area contributed by atoms with Crippen LogP contribution in [0.1, 0.15) is 46.0 Å². The second kappa shape index (κ2) is 10.2. The Hall–Kier alpha value is -0.310. The second-order valence-electron chi connectivity index (χ2n) is 3.50. The molecule has 1 atom stereocenters. The maximum atomic E-state index is 11.4. The van der Waals surface area contributed by atoms with E-state index < -0.39 is 0 Å². The maximum Gasteiger partial charge on any atom is 0.320 e. The second-order valence-corrected chi connectivity index (χ2v) is 4.61. The van der Waals surface area contributed by atoms with E-state index in [0.29, 0.717) is 6.61 Å². The molecule has 0 aliphatic rings. The van der Waals surface area contributed by atoms with Crippen molar-refractivity contribution >= 4 is 21.9 Å². The fourth-order valence-electron chi connectivity index (χ4n) is 1.07. The molecule has 0 aromatic carbocycles. The Bertz CT molecular complexity index is 190. The molecule has 88 valence electrons. The van der Waals surface area contributed by atoms with Crippen LogP contribution in [0.15, 0.2) is 12.2 Å². The molecule has 0 aromatic heterocycles. The van der Waals surface area contributed by atoms with Gasteiger partial charge in [0.2, 0.25) is 0 Å². The standard InChI is InChI=1S/C12H21BrO2/c1-3-5-7-8-10-15-12(14)11(13)9-6-4-2/h7-8,11H,3-6,9-10H2,1-2H3/b8-7-. The first-order valence-corrected chi connectivity index (χ1v) is 6.59. The Kier molecular flexibility index (Phi) is 10.0. The molecule has 0 N–H and O–H groups in total. The highest BCUT2D eigenvalue weighted by Gasteiger charge is 2.14. The molecule has 0 radical (unpaired) electrons. The molecule has 0 spiro atoms. The zero-order valence-corrected chi connectivity index (χ0v) is 11.3. The number of rotatable bonds is 8. The number of halogens is 1. The van der Waals surface area contributed by atoms with Crippen LogP contribution in [0, 0.1) is 0 Å². The van der Waals surface area contributed by atoms with Crippen molar-refractivity contribution in [2.45, 2.75) is 50.8 Å². The Morgan fingerprint density at radius 3 is 2.67 bits per heavy atom. The number of allylic oxidation sites excluding steroid dienone is 1. The number of carbonyl (C=O) groups is 1. The minimum atomic E-state index is -0.149. The Morgan fingerprint density at radius 2 is 2.07 bits per heavy atom. The van der Waals surface area contributed by atoms with Gasteiger partial charge in [-0.15, -0.1) is 0 Å². The average Bonchev–Trinajstić information content (AvgIpc) is 2.25. The number of hydrogen-bond donors (Lipinski definition) is 0. The van der Waals surface area contributed by atoms with E-state index in [2.05, 4.69) is 29.8 Å². The van der Waals surface area contributed by atoms with Gasteiger partial charge in [-0.05, 0) is 12.8 Å². The molecule has 0 amide bonds. The molecule has 0 fully saturated rings. The van der Waals surface area contributed by atoms with Crippen LogP contribution in [0.2, 0.25) is 0 Å². The molecule has 0 bridgehead atoms. The molecular weight excluding hydrogens is 256 g/mol. The van der Waals surface area contributed by atoms with Crippen molar-refractivity contribution in [2.24, 2.45) is 0 Å². The third kappa shape index (κ3) is 8.67. The number of ether oxygens (including phenoxy) is 1. The van der Waals surface area contributed by atoms with Gasteiger partial charge in [0.15, 0.2) is 0 Å². The van der Waals surface area contributed by atoms with Gasteiger partial charge in [-0.1, -0.05) is 61.2 Å². The van der Waals surface area contributed by atoms with Crippen LogP contribution in [-0.4, -0.2) is 17.4 Å². The average molecular weight is 277 g/mol. The Morgan fingerprint density at radius 1 is 1.33 bits per heavy atom. The lowest BCUT2D eigenvalue weighted by atomic mass is 10.2. The van der Waals surface area contributed by atoms with Crippen molar-refractivity contribution in [3.05, 3.63) is 12.2 Å². The normalized spacial score (nSPS) is 13.0. The highest BCUT2D eigenvalue weighted by molar-refractivity contribution is 9.10. The SMILES string of the molecule is CCC/C=C\COC(=O)C(Br)CCCC. The molecule has 0 saturated carbocycles.